The molecule has 0 heterocycles. The molecule has 1 N–H and O–H groups in total. The van der Waals surface area contributed by atoms with E-state index < -0.39 is 0 Å². The Bertz CT molecular complexity index is 260. The van der Waals surface area contributed by atoms with Crippen molar-refractivity contribution in [3.63, 3.8) is 0 Å². The average Bonchev–Trinajstić information content (AvgIpc) is 2.26. The lowest BCUT2D eigenvalue weighted by Crippen LogP contribution is -2.02. The minimum atomic E-state index is 0.287. The van der Waals surface area contributed by atoms with E-state index in [9.17, 15) is 0 Å². The highest BCUT2D eigenvalue weighted by Gasteiger charge is 2.00. The van der Waals surface area contributed by atoms with E-state index in [2.05, 4.69) is 31.2 Å². The van der Waals surface area contributed by atoms with Crippen LogP contribution in [0.5, 0.6) is 0 Å². The minimum Gasteiger partial charge on any atom is -0.396 e. The molecule has 0 radical (unpaired) electrons. The molecule has 0 aromatic heterocycles. The molecule has 1 aromatic carbocycles. The zero-order valence-electron chi connectivity index (χ0n) is 8.69. The van der Waals surface area contributed by atoms with Crippen LogP contribution in [0.15, 0.2) is 36.4 Å². The molecule has 0 bridgehead atoms. The molecular formula is C13H18O. The van der Waals surface area contributed by atoms with Crippen molar-refractivity contribution in [2.45, 2.75) is 19.8 Å². The number of aliphatic hydroxyl groups is 1. The van der Waals surface area contributed by atoms with Gasteiger partial charge in [-0.1, -0.05) is 55.8 Å². The quantitative estimate of drug-likeness (QED) is 0.756. The molecular weight excluding hydrogens is 172 g/mol. The zero-order valence-corrected chi connectivity index (χ0v) is 8.69. The first-order valence-corrected chi connectivity index (χ1v) is 5.19. The van der Waals surface area contributed by atoms with Gasteiger partial charge in [-0.2, -0.15) is 0 Å². The normalized spacial score (nSPS) is 13.3. The van der Waals surface area contributed by atoms with Crippen LogP contribution in [0, 0.1) is 5.92 Å². The molecule has 0 aliphatic rings. The number of aliphatic hydroxyl groups excluding tert-OH is 1. The highest BCUT2D eigenvalue weighted by Crippen LogP contribution is 2.09. The third kappa shape index (κ3) is 3.75. The van der Waals surface area contributed by atoms with Gasteiger partial charge in [-0.05, 0) is 17.9 Å². The molecule has 1 nitrogen and oxygen atoms in total. The SMILES string of the molecule is CC[C@@H](CO)C/C=C/c1ccccc1. The van der Waals surface area contributed by atoms with E-state index in [0.29, 0.717) is 5.92 Å². The van der Waals surface area contributed by atoms with Crippen LogP contribution in [0.2, 0.25) is 0 Å². The summed E-state index contributed by atoms with van der Waals surface area (Å²) < 4.78 is 0. The van der Waals surface area contributed by atoms with E-state index in [0.717, 1.165) is 12.8 Å². The van der Waals surface area contributed by atoms with Gasteiger partial charge in [0, 0.05) is 6.61 Å². The van der Waals surface area contributed by atoms with Crippen molar-refractivity contribution in [1.29, 1.82) is 0 Å². The topological polar surface area (TPSA) is 20.2 Å². The fraction of sp³-hybridized carbons (Fsp3) is 0.385. The zero-order chi connectivity index (χ0) is 10.2. The van der Waals surface area contributed by atoms with Crippen molar-refractivity contribution in [2.75, 3.05) is 6.61 Å². The third-order valence-electron chi connectivity index (χ3n) is 2.41. The Hall–Kier alpha value is -1.08. The summed E-state index contributed by atoms with van der Waals surface area (Å²) in [6.45, 7) is 2.40. The summed E-state index contributed by atoms with van der Waals surface area (Å²) >= 11 is 0. The molecule has 1 atom stereocenters. The van der Waals surface area contributed by atoms with Crippen molar-refractivity contribution in [2.24, 2.45) is 5.92 Å². The van der Waals surface area contributed by atoms with E-state index in [1.165, 1.54) is 5.56 Å². The first-order valence-electron chi connectivity index (χ1n) is 5.19. The van der Waals surface area contributed by atoms with E-state index in [4.69, 9.17) is 5.11 Å². The van der Waals surface area contributed by atoms with E-state index >= 15 is 0 Å². The van der Waals surface area contributed by atoms with Crippen LogP contribution < -0.4 is 0 Å². The van der Waals surface area contributed by atoms with Crippen LogP contribution in [0.1, 0.15) is 25.3 Å². The lowest BCUT2D eigenvalue weighted by atomic mass is 10.0. The molecule has 14 heavy (non-hydrogen) atoms. The molecule has 0 amide bonds. The first-order chi connectivity index (χ1) is 6.86. The maximum atomic E-state index is 8.99. The summed E-state index contributed by atoms with van der Waals surface area (Å²) in [5.41, 5.74) is 1.22. The van der Waals surface area contributed by atoms with Crippen molar-refractivity contribution in [1.82, 2.24) is 0 Å². The number of hydrogen-bond acceptors (Lipinski definition) is 1. The number of allylic oxidation sites excluding steroid dienone is 1. The summed E-state index contributed by atoms with van der Waals surface area (Å²) in [6, 6.07) is 10.2. The summed E-state index contributed by atoms with van der Waals surface area (Å²) in [5, 5.41) is 8.99. The number of benzene rings is 1. The highest BCUT2D eigenvalue weighted by atomic mass is 16.3. The smallest absolute Gasteiger partial charge is 0.0462 e. The Kier molecular flexibility index (Phi) is 5.02. The maximum Gasteiger partial charge on any atom is 0.0462 e. The largest absolute Gasteiger partial charge is 0.396 e. The Morgan fingerprint density at radius 1 is 1.29 bits per heavy atom. The highest BCUT2D eigenvalue weighted by molar-refractivity contribution is 5.48. The Balaban J connectivity index is 2.41. The molecule has 0 saturated heterocycles. The standard InChI is InChI=1S/C13H18O/c1-2-12(11-14)9-6-10-13-7-4-3-5-8-13/h3-8,10,12,14H,2,9,11H2,1H3/b10-6+/t12-/m1/s1. The summed E-state index contributed by atoms with van der Waals surface area (Å²) in [6.07, 6.45) is 6.25. The van der Waals surface area contributed by atoms with Gasteiger partial charge in [0.25, 0.3) is 0 Å². The summed E-state index contributed by atoms with van der Waals surface area (Å²) in [7, 11) is 0. The predicted octanol–water partition coefficient (Wildman–Crippen LogP) is 3.11. The Labute approximate surface area is 86.1 Å². The fourth-order valence-electron chi connectivity index (χ4n) is 1.33. The summed E-state index contributed by atoms with van der Waals surface area (Å²) in [4.78, 5) is 0. The molecule has 0 saturated carbocycles. The fourth-order valence-corrected chi connectivity index (χ4v) is 1.33. The van der Waals surface area contributed by atoms with Gasteiger partial charge in [0.05, 0.1) is 0 Å². The molecule has 0 aliphatic heterocycles. The minimum absolute atomic E-state index is 0.287. The first kappa shape index (κ1) is 11.0. The molecule has 0 spiro atoms. The number of rotatable bonds is 5. The molecule has 76 valence electrons. The van der Waals surface area contributed by atoms with Crippen LogP contribution >= 0.6 is 0 Å². The molecule has 1 heteroatoms. The second kappa shape index (κ2) is 6.39. The monoisotopic (exact) mass is 190 g/mol. The second-order valence-corrected chi connectivity index (χ2v) is 3.51. The van der Waals surface area contributed by atoms with E-state index in [-0.39, 0.29) is 6.61 Å². The van der Waals surface area contributed by atoms with Crippen molar-refractivity contribution < 1.29 is 5.11 Å². The molecule has 0 aliphatic carbocycles. The van der Waals surface area contributed by atoms with Gasteiger partial charge < -0.3 is 5.11 Å². The Morgan fingerprint density at radius 2 is 2.00 bits per heavy atom. The van der Waals surface area contributed by atoms with Crippen LogP contribution in [-0.4, -0.2) is 11.7 Å². The van der Waals surface area contributed by atoms with Crippen molar-refractivity contribution >= 4 is 6.08 Å². The molecule has 1 rings (SSSR count). The van der Waals surface area contributed by atoms with Gasteiger partial charge in [0.2, 0.25) is 0 Å². The van der Waals surface area contributed by atoms with Crippen LogP contribution in [0.25, 0.3) is 6.08 Å². The predicted molar refractivity (Wildman–Crippen MR) is 61.0 cm³/mol. The van der Waals surface area contributed by atoms with Gasteiger partial charge in [-0.25, -0.2) is 0 Å². The molecule has 0 unspecified atom stereocenters. The molecule has 0 fully saturated rings. The van der Waals surface area contributed by atoms with E-state index in [1.807, 2.05) is 18.2 Å². The third-order valence-corrected chi connectivity index (χ3v) is 2.41. The van der Waals surface area contributed by atoms with Gasteiger partial charge in [-0.15, -0.1) is 0 Å². The van der Waals surface area contributed by atoms with Crippen LogP contribution in [0.4, 0.5) is 0 Å². The second-order valence-electron chi connectivity index (χ2n) is 3.51. The van der Waals surface area contributed by atoms with Crippen LogP contribution in [0.3, 0.4) is 0 Å². The van der Waals surface area contributed by atoms with Gasteiger partial charge in [0.1, 0.15) is 0 Å². The average molecular weight is 190 g/mol. The van der Waals surface area contributed by atoms with Crippen molar-refractivity contribution in [3.05, 3.63) is 42.0 Å². The van der Waals surface area contributed by atoms with Crippen LogP contribution in [-0.2, 0) is 0 Å². The van der Waals surface area contributed by atoms with Crippen molar-refractivity contribution in [3.8, 4) is 0 Å². The Morgan fingerprint density at radius 3 is 2.57 bits per heavy atom. The molecule has 1 aromatic rings. The summed E-state index contributed by atoms with van der Waals surface area (Å²) in [5.74, 6) is 0.412. The number of hydrogen-bond donors (Lipinski definition) is 1. The van der Waals surface area contributed by atoms with Gasteiger partial charge >= 0.3 is 0 Å². The lowest BCUT2D eigenvalue weighted by molar-refractivity contribution is 0.224. The van der Waals surface area contributed by atoms with Gasteiger partial charge in [-0.3, -0.25) is 0 Å². The van der Waals surface area contributed by atoms with E-state index in [1.54, 1.807) is 0 Å². The lowest BCUT2D eigenvalue weighted by Gasteiger charge is -2.06. The van der Waals surface area contributed by atoms with Gasteiger partial charge in [0.15, 0.2) is 0 Å². The maximum absolute atomic E-state index is 8.99.